The number of aromatic nitrogens is 3. The standard InChI is InChI=1S/C22H22FN3O5/c1-4-30-19(27)9-15-12(3)24-18-10-17(22(28)29)25-26(18)20(15)14-8-16(23)21-13(11(14)2)6-5-7-31-21/h8,10H,4-7,9H2,1-3H3,(H,28,29). The molecular weight excluding hydrogens is 405 g/mol. The lowest BCUT2D eigenvalue weighted by atomic mass is 9.91. The molecule has 9 heteroatoms. The maximum absolute atomic E-state index is 15.0. The number of esters is 1. The number of hydrogen-bond donors (Lipinski definition) is 1. The lowest BCUT2D eigenvalue weighted by Gasteiger charge is -2.23. The number of carboxylic acids is 1. The molecule has 31 heavy (non-hydrogen) atoms. The molecule has 0 radical (unpaired) electrons. The second-order valence-electron chi connectivity index (χ2n) is 7.40. The summed E-state index contributed by atoms with van der Waals surface area (Å²) in [5.41, 5.74) is 3.61. The smallest absolute Gasteiger partial charge is 0.356 e. The van der Waals surface area contributed by atoms with Crippen molar-refractivity contribution in [2.24, 2.45) is 0 Å². The van der Waals surface area contributed by atoms with Crippen LogP contribution in [0.5, 0.6) is 5.75 Å². The van der Waals surface area contributed by atoms with Crippen LogP contribution < -0.4 is 4.74 Å². The first kappa shape index (κ1) is 20.8. The number of carboxylic acid groups (broad SMARTS) is 1. The molecule has 3 heterocycles. The molecule has 1 aliphatic heterocycles. The minimum absolute atomic E-state index is 0.102. The predicted octanol–water partition coefficient (Wildman–Crippen LogP) is 3.28. The van der Waals surface area contributed by atoms with Gasteiger partial charge in [0.2, 0.25) is 0 Å². The summed E-state index contributed by atoms with van der Waals surface area (Å²) in [6, 6.07) is 2.70. The second kappa shape index (κ2) is 7.98. The molecule has 4 rings (SSSR count). The van der Waals surface area contributed by atoms with Gasteiger partial charge in [-0.1, -0.05) is 0 Å². The summed E-state index contributed by atoms with van der Waals surface area (Å²) in [5, 5.41) is 13.6. The molecular formula is C22H22FN3O5. The number of nitrogens with zero attached hydrogens (tertiary/aromatic N) is 3. The molecule has 162 valence electrons. The number of ether oxygens (including phenoxy) is 2. The average Bonchev–Trinajstić information content (AvgIpc) is 3.15. The third-order valence-corrected chi connectivity index (χ3v) is 5.44. The van der Waals surface area contributed by atoms with Crippen molar-refractivity contribution in [3.63, 3.8) is 0 Å². The predicted molar refractivity (Wildman–Crippen MR) is 109 cm³/mol. The Morgan fingerprint density at radius 3 is 2.81 bits per heavy atom. The Labute approximate surface area is 177 Å². The van der Waals surface area contributed by atoms with E-state index in [1.165, 1.54) is 16.6 Å². The van der Waals surface area contributed by atoms with Gasteiger partial charge in [0, 0.05) is 28.5 Å². The van der Waals surface area contributed by atoms with Crippen molar-refractivity contribution < 1.29 is 28.6 Å². The molecule has 8 nitrogen and oxygen atoms in total. The van der Waals surface area contributed by atoms with E-state index in [4.69, 9.17) is 9.47 Å². The van der Waals surface area contributed by atoms with E-state index in [1.807, 2.05) is 6.92 Å². The first-order valence-corrected chi connectivity index (χ1v) is 10.0. The lowest BCUT2D eigenvalue weighted by Crippen LogP contribution is -2.16. The minimum Gasteiger partial charge on any atom is -0.490 e. The number of aryl methyl sites for hydroxylation is 1. The summed E-state index contributed by atoms with van der Waals surface area (Å²) in [6.45, 7) is 5.97. The Hall–Kier alpha value is -3.49. The maximum Gasteiger partial charge on any atom is 0.356 e. The van der Waals surface area contributed by atoms with Crippen molar-refractivity contribution in [1.29, 1.82) is 0 Å². The molecule has 0 saturated carbocycles. The molecule has 1 N–H and O–H groups in total. The van der Waals surface area contributed by atoms with Crippen molar-refractivity contribution in [3.05, 3.63) is 46.0 Å². The summed E-state index contributed by atoms with van der Waals surface area (Å²) in [5.74, 6) is -1.93. The highest BCUT2D eigenvalue weighted by Gasteiger charge is 2.26. The molecule has 0 atom stereocenters. The molecule has 0 amide bonds. The topological polar surface area (TPSA) is 103 Å². The van der Waals surface area contributed by atoms with Crippen LogP contribution in [0.25, 0.3) is 16.9 Å². The quantitative estimate of drug-likeness (QED) is 0.623. The zero-order valence-corrected chi connectivity index (χ0v) is 17.5. The van der Waals surface area contributed by atoms with E-state index in [0.717, 1.165) is 17.5 Å². The third kappa shape index (κ3) is 3.60. The highest BCUT2D eigenvalue weighted by atomic mass is 19.1. The van der Waals surface area contributed by atoms with E-state index >= 15 is 0 Å². The van der Waals surface area contributed by atoms with E-state index in [-0.39, 0.29) is 24.5 Å². The van der Waals surface area contributed by atoms with Gasteiger partial charge in [0.15, 0.2) is 22.9 Å². The minimum atomic E-state index is -1.21. The SMILES string of the molecule is CCOC(=O)Cc1c(C)nc2cc(C(=O)O)nn2c1-c1cc(F)c2c(c1C)CCCO2. The molecule has 2 aromatic heterocycles. The number of fused-ring (bicyclic) bond motifs is 2. The van der Waals surface area contributed by atoms with Crippen molar-refractivity contribution in [2.45, 2.75) is 40.0 Å². The Bertz CT molecular complexity index is 1220. The Morgan fingerprint density at radius 2 is 2.10 bits per heavy atom. The molecule has 0 bridgehead atoms. The third-order valence-electron chi connectivity index (χ3n) is 5.44. The van der Waals surface area contributed by atoms with Crippen molar-refractivity contribution >= 4 is 17.6 Å². The van der Waals surface area contributed by atoms with E-state index in [2.05, 4.69) is 10.1 Å². The van der Waals surface area contributed by atoms with Gasteiger partial charge in [-0.3, -0.25) is 4.79 Å². The molecule has 0 fully saturated rings. The van der Waals surface area contributed by atoms with Gasteiger partial charge < -0.3 is 14.6 Å². The van der Waals surface area contributed by atoms with Gasteiger partial charge in [-0.05, 0) is 45.2 Å². The highest BCUT2D eigenvalue weighted by molar-refractivity contribution is 5.87. The first-order chi connectivity index (χ1) is 14.8. The van der Waals surface area contributed by atoms with Gasteiger partial charge >= 0.3 is 11.9 Å². The molecule has 0 saturated heterocycles. The Balaban J connectivity index is 2.04. The van der Waals surface area contributed by atoms with Crippen LogP contribution in [0.3, 0.4) is 0 Å². The number of aromatic carboxylic acids is 1. The molecule has 0 aliphatic carbocycles. The molecule has 0 spiro atoms. The number of carbonyl (C=O) groups excluding carboxylic acids is 1. The van der Waals surface area contributed by atoms with Crippen LogP contribution in [-0.4, -0.2) is 44.9 Å². The highest BCUT2D eigenvalue weighted by Crippen LogP contribution is 2.39. The monoisotopic (exact) mass is 427 g/mol. The van der Waals surface area contributed by atoms with E-state index in [9.17, 15) is 19.1 Å². The zero-order valence-electron chi connectivity index (χ0n) is 17.5. The number of hydrogen-bond acceptors (Lipinski definition) is 6. The first-order valence-electron chi connectivity index (χ1n) is 10.0. The molecule has 0 unspecified atom stereocenters. The van der Waals surface area contributed by atoms with Crippen LogP contribution in [0.4, 0.5) is 4.39 Å². The van der Waals surface area contributed by atoms with Gasteiger partial charge in [-0.15, -0.1) is 0 Å². The lowest BCUT2D eigenvalue weighted by molar-refractivity contribution is -0.142. The second-order valence-corrected chi connectivity index (χ2v) is 7.40. The van der Waals surface area contributed by atoms with Crippen LogP contribution in [-0.2, 0) is 22.4 Å². The fourth-order valence-corrected chi connectivity index (χ4v) is 4.01. The Morgan fingerprint density at radius 1 is 1.32 bits per heavy atom. The van der Waals surface area contributed by atoms with Crippen LogP contribution >= 0.6 is 0 Å². The molecule has 1 aromatic carbocycles. The normalized spacial score (nSPS) is 13.0. The fourth-order valence-electron chi connectivity index (χ4n) is 4.01. The maximum atomic E-state index is 15.0. The van der Waals surface area contributed by atoms with Crippen molar-refractivity contribution in [2.75, 3.05) is 13.2 Å². The number of benzene rings is 1. The van der Waals surface area contributed by atoms with Crippen LogP contribution in [0.15, 0.2) is 12.1 Å². The van der Waals surface area contributed by atoms with Gasteiger partial charge in [0.1, 0.15) is 0 Å². The van der Waals surface area contributed by atoms with Crippen molar-refractivity contribution in [3.8, 4) is 17.0 Å². The zero-order chi connectivity index (χ0) is 22.3. The van der Waals surface area contributed by atoms with E-state index < -0.39 is 17.8 Å². The fraction of sp³-hybridized carbons (Fsp3) is 0.364. The largest absolute Gasteiger partial charge is 0.490 e. The summed E-state index contributed by atoms with van der Waals surface area (Å²) in [6.07, 6.45) is 1.32. The average molecular weight is 427 g/mol. The number of rotatable bonds is 5. The van der Waals surface area contributed by atoms with Gasteiger partial charge in [0.05, 0.1) is 25.3 Å². The van der Waals surface area contributed by atoms with Crippen LogP contribution in [0, 0.1) is 19.7 Å². The van der Waals surface area contributed by atoms with Gasteiger partial charge in [0.25, 0.3) is 0 Å². The summed E-state index contributed by atoms with van der Waals surface area (Å²) < 4.78 is 27.0. The number of carbonyl (C=O) groups is 2. The number of halogens is 1. The van der Waals surface area contributed by atoms with E-state index in [1.54, 1.807) is 13.8 Å². The summed E-state index contributed by atoms with van der Waals surface area (Å²) in [4.78, 5) is 28.3. The van der Waals surface area contributed by atoms with Gasteiger partial charge in [-0.25, -0.2) is 18.7 Å². The van der Waals surface area contributed by atoms with Crippen molar-refractivity contribution in [1.82, 2.24) is 14.6 Å². The van der Waals surface area contributed by atoms with Crippen LogP contribution in [0.2, 0.25) is 0 Å². The Kier molecular flexibility index (Phi) is 5.34. The summed E-state index contributed by atoms with van der Waals surface area (Å²) >= 11 is 0. The summed E-state index contributed by atoms with van der Waals surface area (Å²) in [7, 11) is 0. The molecule has 3 aromatic rings. The van der Waals surface area contributed by atoms with Crippen LogP contribution in [0.1, 0.15) is 46.2 Å². The van der Waals surface area contributed by atoms with E-state index in [0.29, 0.717) is 41.2 Å². The van der Waals surface area contributed by atoms with Gasteiger partial charge in [-0.2, -0.15) is 5.10 Å². The molecule has 1 aliphatic rings.